The average molecular weight is 437 g/mol. The van der Waals surface area contributed by atoms with Crippen LogP contribution in [0.15, 0.2) is 48.5 Å². The second kappa shape index (κ2) is 9.07. The molecule has 0 spiro atoms. The molecule has 0 saturated carbocycles. The third-order valence-electron chi connectivity index (χ3n) is 4.77. The van der Waals surface area contributed by atoms with E-state index < -0.39 is 23.4 Å². The number of fused-ring (bicyclic) bond motifs is 2. The van der Waals surface area contributed by atoms with Crippen molar-refractivity contribution in [3.63, 3.8) is 0 Å². The zero-order valence-corrected chi connectivity index (χ0v) is 19.7. The summed E-state index contributed by atoms with van der Waals surface area (Å²) in [5.74, 6) is 0. The number of carbonyl (C=O) groups is 2. The molecule has 3 aromatic carbocycles. The molecule has 0 heterocycles. The summed E-state index contributed by atoms with van der Waals surface area (Å²) < 4.78 is 10.8. The summed E-state index contributed by atoms with van der Waals surface area (Å²) in [4.78, 5) is 24.5. The number of hydrogen-bond acceptors (Lipinski definition) is 4. The van der Waals surface area contributed by atoms with E-state index in [0.717, 1.165) is 32.7 Å². The maximum atomic E-state index is 12.3. The normalized spacial score (nSPS) is 11.9. The zero-order chi connectivity index (χ0) is 23.5. The molecule has 0 aliphatic heterocycles. The number of rotatable bonds is 4. The number of ether oxygens (including phenoxy) is 2. The molecule has 6 nitrogen and oxygen atoms in total. The minimum atomic E-state index is -0.564. The van der Waals surface area contributed by atoms with Gasteiger partial charge in [0.2, 0.25) is 0 Å². The summed E-state index contributed by atoms with van der Waals surface area (Å²) in [7, 11) is 0. The van der Waals surface area contributed by atoms with Crippen LogP contribution in [0.3, 0.4) is 0 Å². The second-order valence-electron chi connectivity index (χ2n) is 9.76. The molecule has 0 aliphatic carbocycles. The van der Waals surface area contributed by atoms with Crippen LogP contribution in [0, 0.1) is 0 Å². The van der Waals surface area contributed by atoms with Gasteiger partial charge in [-0.05, 0) is 74.2 Å². The van der Waals surface area contributed by atoms with E-state index in [9.17, 15) is 9.59 Å². The highest BCUT2D eigenvalue weighted by Gasteiger charge is 2.19. The molecule has 3 aromatic rings. The standard InChI is InChI=1S/C26H32N2O4/c1-25(2,3)31-23(29)27-15-21-17-11-7-9-13-19(17)22(20-14-10-8-12-18(20)21)16-28-24(30)32-26(4,5)6/h7-14H,15-16H2,1-6H3,(H,27,29)(H,28,30). The predicted octanol–water partition coefficient (Wildman–Crippen LogP) is 6.04. The molecule has 0 radical (unpaired) electrons. The van der Waals surface area contributed by atoms with Gasteiger partial charge in [0.05, 0.1) is 0 Å². The largest absolute Gasteiger partial charge is 0.444 e. The Morgan fingerprint density at radius 3 is 1.16 bits per heavy atom. The van der Waals surface area contributed by atoms with E-state index in [1.54, 1.807) is 0 Å². The van der Waals surface area contributed by atoms with Gasteiger partial charge in [-0.1, -0.05) is 48.5 Å². The lowest BCUT2D eigenvalue weighted by atomic mass is 9.91. The van der Waals surface area contributed by atoms with Crippen molar-refractivity contribution in [1.82, 2.24) is 10.6 Å². The van der Waals surface area contributed by atoms with Crippen molar-refractivity contribution in [2.45, 2.75) is 65.8 Å². The molecular formula is C26H32N2O4. The number of alkyl carbamates (subject to hydrolysis) is 2. The lowest BCUT2D eigenvalue weighted by molar-refractivity contribution is 0.0512. The molecule has 3 rings (SSSR count). The van der Waals surface area contributed by atoms with Crippen molar-refractivity contribution in [2.75, 3.05) is 0 Å². The fraction of sp³-hybridized carbons (Fsp3) is 0.385. The highest BCUT2D eigenvalue weighted by Crippen LogP contribution is 2.33. The van der Waals surface area contributed by atoms with E-state index in [0.29, 0.717) is 13.1 Å². The van der Waals surface area contributed by atoms with E-state index in [1.807, 2.05) is 90.1 Å². The minimum Gasteiger partial charge on any atom is -0.444 e. The van der Waals surface area contributed by atoms with Crippen LogP contribution in [0.5, 0.6) is 0 Å². The molecule has 32 heavy (non-hydrogen) atoms. The Labute approximate surface area is 189 Å². The maximum Gasteiger partial charge on any atom is 0.407 e. The molecule has 170 valence electrons. The average Bonchev–Trinajstić information content (AvgIpc) is 2.67. The molecule has 0 unspecified atom stereocenters. The second-order valence-corrected chi connectivity index (χ2v) is 9.76. The van der Waals surface area contributed by atoms with Crippen LogP contribution in [0.4, 0.5) is 9.59 Å². The van der Waals surface area contributed by atoms with Crippen LogP contribution >= 0.6 is 0 Å². The summed E-state index contributed by atoms with van der Waals surface area (Å²) in [5, 5.41) is 9.84. The fourth-order valence-corrected chi connectivity index (χ4v) is 3.64. The molecule has 0 saturated heterocycles. The number of amides is 2. The zero-order valence-electron chi connectivity index (χ0n) is 19.7. The Balaban J connectivity index is 1.99. The molecule has 0 aliphatic rings. The molecule has 2 amide bonds. The van der Waals surface area contributed by atoms with E-state index in [2.05, 4.69) is 10.6 Å². The first kappa shape index (κ1) is 23.4. The van der Waals surface area contributed by atoms with Crippen LogP contribution < -0.4 is 10.6 Å². The number of carbonyl (C=O) groups excluding carboxylic acids is 2. The SMILES string of the molecule is CC(C)(C)OC(=O)NCc1c2ccccc2c(CNC(=O)OC(C)(C)C)c2ccccc12. The fourth-order valence-electron chi connectivity index (χ4n) is 3.64. The van der Waals surface area contributed by atoms with Crippen molar-refractivity contribution in [3.05, 3.63) is 59.7 Å². The highest BCUT2D eigenvalue weighted by molar-refractivity contribution is 6.06. The van der Waals surface area contributed by atoms with Crippen LogP contribution in [0.25, 0.3) is 21.5 Å². The van der Waals surface area contributed by atoms with Crippen LogP contribution in [0.1, 0.15) is 52.7 Å². The topological polar surface area (TPSA) is 76.7 Å². The first-order valence-electron chi connectivity index (χ1n) is 10.8. The third-order valence-corrected chi connectivity index (χ3v) is 4.77. The lowest BCUT2D eigenvalue weighted by Gasteiger charge is -2.22. The van der Waals surface area contributed by atoms with Gasteiger partial charge in [-0.3, -0.25) is 0 Å². The first-order chi connectivity index (χ1) is 14.9. The van der Waals surface area contributed by atoms with Crippen molar-refractivity contribution in [2.24, 2.45) is 0 Å². The summed E-state index contributed by atoms with van der Waals surface area (Å²) >= 11 is 0. The van der Waals surface area contributed by atoms with Gasteiger partial charge >= 0.3 is 12.2 Å². The van der Waals surface area contributed by atoms with E-state index in [4.69, 9.17) is 9.47 Å². The lowest BCUT2D eigenvalue weighted by Crippen LogP contribution is -2.32. The first-order valence-corrected chi connectivity index (χ1v) is 10.8. The molecule has 0 atom stereocenters. The Kier molecular flexibility index (Phi) is 6.63. The van der Waals surface area contributed by atoms with Gasteiger partial charge in [0.15, 0.2) is 0 Å². The van der Waals surface area contributed by atoms with Gasteiger partial charge in [-0.25, -0.2) is 9.59 Å². The molecule has 0 bridgehead atoms. The number of benzene rings is 3. The van der Waals surface area contributed by atoms with Gasteiger partial charge in [0.1, 0.15) is 11.2 Å². The van der Waals surface area contributed by atoms with Crippen molar-refractivity contribution in [3.8, 4) is 0 Å². The van der Waals surface area contributed by atoms with Crippen molar-refractivity contribution in [1.29, 1.82) is 0 Å². The Morgan fingerprint density at radius 1 is 0.625 bits per heavy atom. The summed E-state index contributed by atoms with van der Waals surface area (Å²) in [6, 6.07) is 16.0. The van der Waals surface area contributed by atoms with E-state index in [-0.39, 0.29) is 0 Å². The predicted molar refractivity (Wildman–Crippen MR) is 128 cm³/mol. The van der Waals surface area contributed by atoms with E-state index >= 15 is 0 Å². The van der Waals surface area contributed by atoms with Crippen LogP contribution in [0.2, 0.25) is 0 Å². The molecule has 2 N–H and O–H groups in total. The van der Waals surface area contributed by atoms with Crippen molar-refractivity contribution < 1.29 is 19.1 Å². The number of nitrogens with one attached hydrogen (secondary N) is 2. The smallest absolute Gasteiger partial charge is 0.407 e. The van der Waals surface area contributed by atoms with Gasteiger partial charge in [-0.2, -0.15) is 0 Å². The Hall–Kier alpha value is -3.28. The Morgan fingerprint density at radius 2 is 0.906 bits per heavy atom. The van der Waals surface area contributed by atoms with Crippen molar-refractivity contribution >= 4 is 33.7 Å². The third kappa shape index (κ3) is 5.90. The maximum absolute atomic E-state index is 12.3. The summed E-state index contributed by atoms with van der Waals surface area (Å²) in [6.07, 6.45) is -0.914. The quantitative estimate of drug-likeness (QED) is 0.489. The van der Waals surface area contributed by atoms with Crippen LogP contribution in [-0.4, -0.2) is 23.4 Å². The molecule has 0 fully saturated rings. The summed E-state index contributed by atoms with van der Waals surface area (Å²) in [6.45, 7) is 11.7. The van der Waals surface area contributed by atoms with Gasteiger partial charge in [0.25, 0.3) is 0 Å². The van der Waals surface area contributed by atoms with E-state index in [1.165, 1.54) is 0 Å². The Bertz CT molecular complexity index is 993. The number of hydrogen-bond donors (Lipinski definition) is 2. The van der Waals surface area contributed by atoms with Gasteiger partial charge < -0.3 is 20.1 Å². The highest BCUT2D eigenvalue weighted by atomic mass is 16.6. The monoisotopic (exact) mass is 436 g/mol. The molecule has 0 aromatic heterocycles. The summed E-state index contributed by atoms with van der Waals surface area (Å²) in [5.41, 5.74) is 0.878. The molecular weight excluding hydrogens is 404 g/mol. The van der Waals surface area contributed by atoms with Gasteiger partial charge in [0, 0.05) is 13.1 Å². The van der Waals surface area contributed by atoms with Gasteiger partial charge in [-0.15, -0.1) is 0 Å². The minimum absolute atomic E-state index is 0.329. The van der Waals surface area contributed by atoms with Crippen LogP contribution in [-0.2, 0) is 22.6 Å². The molecule has 6 heteroatoms.